The van der Waals surface area contributed by atoms with E-state index >= 15 is 0 Å². The minimum absolute atomic E-state index is 0.202. The van der Waals surface area contributed by atoms with Crippen molar-refractivity contribution in [3.63, 3.8) is 0 Å². The molecule has 0 unspecified atom stereocenters. The van der Waals surface area contributed by atoms with Gasteiger partial charge in [-0.25, -0.2) is 0 Å². The minimum Gasteiger partial charge on any atom is -0.335 e. The summed E-state index contributed by atoms with van der Waals surface area (Å²) in [6, 6.07) is 11.2. The lowest BCUT2D eigenvalue weighted by molar-refractivity contribution is 0.394. The van der Waals surface area contributed by atoms with Crippen LogP contribution in [-0.2, 0) is 5.54 Å². The molecular weight excluding hydrogens is 333 g/mol. The van der Waals surface area contributed by atoms with Gasteiger partial charge in [-0.15, -0.1) is 0 Å². The van der Waals surface area contributed by atoms with Crippen LogP contribution in [0.4, 0.5) is 0 Å². The molecule has 90 valence electrons. The van der Waals surface area contributed by atoms with E-state index < -0.39 is 0 Å². The Morgan fingerprint density at radius 1 is 1.11 bits per heavy atom. The molecule has 0 saturated carbocycles. The van der Waals surface area contributed by atoms with Gasteiger partial charge in [-0.3, -0.25) is 0 Å². The Bertz CT molecular complexity index is 839. The highest BCUT2D eigenvalue weighted by molar-refractivity contribution is 14.1. The van der Waals surface area contributed by atoms with E-state index in [0.717, 1.165) is 6.42 Å². The number of benzene rings is 2. The van der Waals surface area contributed by atoms with E-state index in [1.165, 1.54) is 30.6 Å². The van der Waals surface area contributed by atoms with Gasteiger partial charge in [0.25, 0.3) is 0 Å². The van der Waals surface area contributed by atoms with Gasteiger partial charge >= 0.3 is 0 Å². The zero-order valence-electron chi connectivity index (χ0n) is 10.5. The second-order valence-electron chi connectivity index (χ2n) is 5.74. The number of halogens is 1. The molecule has 1 aliphatic heterocycles. The van der Waals surface area contributed by atoms with E-state index in [1.807, 2.05) is 0 Å². The van der Waals surface area contributed by atoms with Crippen molar-refractivity contribution in [3.05, 3.63) is 39.3 Å². The zero-order valence-corrected chi connectivity index (χ0v) is 12.7. The van der Waals surface area contributed by atoms with Crippen molar-refractivity contribution in [2.45, 2.75) is 25.8 Å². The third kappa shape index (κ3) is 1.17. The van der Waals surface area contributed by atoms with E-state index in [4.69, 9.17) is 0 Å². The van der Waals surface area contributed by atoms with E-state index in [0.29, 0.717) is 0 Å². The Hall–Kier alpha value is -1.03. The van der Waals surface area contributed by atoms with Crippen LogP contribution < -0.4 is 5.35 Å². The molecule has 0 amide bonds. The SMILES string of the molecule is CC1(C)CC=c2c3cccc4c(I)ccc(c43)n21. The van der Waals surface area contributed by atoms with Gasteiger partial charge in [0.2, 0.25) is 0 Å². The summed E-state index contributed by atoms with van der Waals surface area (Å²) in [5.41, 5.74) is 1.59. The predicted molar refractivity (Wildman–Crippen MR) is 85.8 cm³/mol. The van der Waals surface area contributed by atoms with Crippen molar-refractivity contribution >= 4 is 50.3 Å². The smallest absolute Gasteiger partial charge is 0.0503 e. The molecule has 4 rings (SSSR count). The summed E-state index contributed by atoms with van der Waals surface area (Å²) in [6.45, 7) is 4.65. The first-order valence-electron chi connectivity index (χ1n) is 6.31. The van der Waals surface area contributed by atoms with Gasteiger partial charge in [0, 0.05) is 25.2 Å². The van der Waals surface area contributed by atoms with Crippen LogP contribution in [0.15, 0.2) is 30.3 Å². The quantitative estimate of drug-likeness (QED) is 0.541. The van der Waals surface area contributed by atoms with E-state index in [9.17, 15) is 0 Å². The van der Waals surface area contributed by atoms with Crippen molar-refractivity contribution in [2.24, 2.45) is 0 Å². The molecule has 2 heteroatoms. The Balaban J connectivity index is 2.38. The molecular formula is C16H14IN. The molecule has 0 saturated heterocycles. The Kier molecular flexibility index (Phi) is 1.99. The van der Waals surface area contributed by atoms with Crippen LogP contribution in [-0.4, -0.2) is 4.57 Å². The summed E-state index contributed by atoms with van der Waals surface area (Å²) >= 11 is 2.43. The first-order chi connectivity index (χ1) is 8.59. The summed E-state index contributed by atoms with van der Waals surface area (Å²) in [6.07, 6.45) is 3.52. The summed E-state index contributed by atoms with van der Waals surface area (Å²) in [5, 5.41) is 5.63. The average molecular weight is 347 g/mol. The molecule has 0 atom stereocenters. The Morgan fingerprint density at radius 3 is 2.72 bits per heavy atom. The van der Waals surface area contributed by atoms with Gasteiger partial charge < -0.3 is 4.57 Å². The van der Waals surface area contributed by atoms with Crippen LogP contribution in [0.25, 0.3) is 27.8 Å². The molecule has 1 nitrogen and oxygen atoms in total. The molecule has 2 aromatic carbocycles. The Labute approximate surface area is 120 Å². The lowest BCUT2D eigenvalue weighted by atomic mass is 10.0. The van der Waals surface area contributed by atoms with Crippen LogP contribution in [0.3, 0.4) is 0 Å². The minimum atomic E-state index is 0.202. The normalized spacial score (nSPS) is 17.3. The maximum atomic E-state index is 2.51. The van der Waals surface area contributed by atoms with Crippen LogP contribution in [0, 0.1) is 3.57 Å². The maximum absolute atomic E-state index is 2.51. The third-order valence-corrected chi connectivity index (χ3v) is 5.06. The number of rotatable bonds is 0. The number of aromatic nitrogens is 1. The molecule has 0 N–H and O–H groups in total. The standard InChI is InChI=1S/C16H14IN/c1-16(2)9-8-13-11-5-3-4-10-12(17)6-7-14(15(10)11)18(13)16/h3-8H,9H2,1-2H3. The van der Waals surface area contributed by atoms with Crippen molar-refractivity contribution < 1.29 is 0 Å². The highest BCUT2D eigenvalue weighted by Crippen LogP contribution is 2.35. The molecule has 1 aromatic heterocycles. The van der Waals surface area contributed by atoms with Gasteiger partial charge in [-0.2, -0.15) is 0 Å². The molecule has 1 aliphatic rings. The van der Waals surface area contributed by atoms with Gasteiger partial charge in [0.05, 0.1) is 5.52 Å². The summed E-state index contributed by atoms with van der Waals surface area (Å²) in [7, 11) is 0. The highest BCUT2D eigenvalue weighted by Gasteiger charge is 2.28. The van der Waals surface area contributed by atoms with Crippen LogP contribution in [0.2, 0.25) is 0 Å². The third-order valence-electron chi connectivity index (χ3n) is 4.12. The summed E-state index contributed by atoms with van der Waals surface area (Å²) in [5.74, 6) is 0. The number of nitrogens with zero attached hydrogens (tertiary/aromatic N) is 1. The predicted octanol–water partition coefficient (Wildman–Crippen LogP) is 4.04. The number of hydrogen-bond acceptors (Lipinski definition) is 0. The highest BCUT2D eigenvalue weighted by atomic mass is 127. The van der Waals surface area contributed by atoms with E-state index in [1.54, 1.807) is 0 Å². The number of hydrogen-bond donors (Lipinski definition) is 0. The van der Waals surface area contributed by atoms with Gasteiger partial charge in [0.1, 0.15) is 0 Å². The van der Waals surface area contributed by atoms with Gasteiger partial charge in [-0.1, -0.05) is 24.3 Å². The fourth-order valence-corrected chi connectivity index (χ4v) is 3.92. The molecule has 3 aromatic rings. The maximum Gasteiger partial charge on any atom is 0.0503 e. The molecule has 18 heavy (non-hydrogen) atoms. The number of fused-ring (bicyclic) bond motifs is 3. The Morgan fingerprint density at radius 2 is 1.89 bits per heavy atom. The molecule has 0 radical (unpaired) electrons. The summed E-state index contributed by atoms with van der Waals surface area (Å²) < 4.78 is 3.86. The summed E-state index contributed by atoms with van der Waals surface area (Å²) in [4.78, 5) is 0. The average Bonchev–Trinajstić information content (AvgIpc) is 2.83. The fourth-order valence-electron chi connectivity index (χ4n) is 3.29. The zero-order chi connectivity index (χ0) is 12.5. The largest absolute Gasteiger partial charge is 0.335 e. The van der Waals surface area contributed by atoms with Crippen molar-refractivity contribution in [1.29, 1.82) is 0 Å². The second-order valence-corrected chi connectivity index (χ2v) is 6.90. The molecule has 0 spiro atoms. The molecule has 0 fully saturated rings. The fraction of sp³-hybridized carbons (Fsp3) is 0.250. The van der Waals surface area contributed by atoms with Crippen molar-refractivity contribution in [1.82, 2.24) is 4.57 Å². The second kappa shape index (κ2) is 3.29. The van der Waals surface area contributed by atoms with Crippen molar-refractivity contribution in [3.8, 4) is 0 Å². The van der Waals surface area contributed by atoms with Gasteiger partial charge in [0.15, 0.2) is 0 Å². The van der Waals surface area contributed by atoms with Gasteiger partial charge in [-0.05, 0) is 60.4 Å². The van der Waals surface area contributed by atoms with Crippen LogP contribution in [0.1, 0.15) is 20.3 Å². The van der Waals surface area contributed by atoms with E-state index in [-0.39, 0.29) is 5.54 Å². The first-order valence-corrected chi connectivity index (χ1v) is 7.39. The van der Waals surface area contributed by atoms with E-state index in [2.05, 4.69) is 77.4 Å². The molecule has 0 bridgehead atoms. The van der Waals surface area contributed by atoms with Crippen molar-refractivity contribution in [2.75, 3.05) is 0 Å². The van der Waals surface area contributed by atoms with Crippen LogP contribution in [0.5, 0.6) is 0 Å². The lowest BCUT2D eigenvalue weighted by Gasteiger charge is -2.23. The van der Waals surface area contributed by atoms with Crippen LogP contribution >= 0.6 is 22.6 Å². The monoisotopic (exact) mass is 347 g/mol. The molecule has 0 aliphatic carbocycles. The topological polar surface area (TPSA) is 4.93 Å². The molecule has 2 heterocycles. The first kappa shape index (κ1) is 10.9. The lowest BCUT2D eigenvalue weighted by Crippen LogP contribution is -2.27.